The topological polar surface area (TPSA) is 30.5 Å². The molecule has 0 heterocycles. The van der Waals surface area contributed by atoms with Crippen LogP contribution in [0.25, 0.3) is 0 Å². The average molecular weight is 291 g/mol. The van der Waals surface area contributed by atoms with Crippen LogP contribution in [0.1, 0.15) is 27.2 Å². The van der Waals surface area contributed by atoms with Crippen LogP contribution in [0, 0.1) is 0 Å². The highest BCUT2D eigenvalue weighted by Gasteiger charge is 2.10. The maximum absolute atomic E-state index is 3.66. The number of nitrogens with zero attached hydrogens (tertiary/aromatic N) is 2. The number of hydrogen-bond donors (Lipinski definition) is 2. The molecule has 2 N–H and O–H groups in total. The van der Waals surface area contributed by atoms with E-state index in [9.17, 15) is 0 Å². The third-order valence-electron chi connectivity index (χ3n) is 3.06. The highest BCUT2D eigenvalue weighted by molar-refractivity contribution is 7.96. The largest absolute Gasteiger partial charge is 0.310 e. The summed E-state index contributed by atoms with van der Waals surface area (Å²) in [6.07, 6.45) is 3.27. The van der Waals surface area contributed by atoms with Crippen molar-refractivity contribution < 1.29 is 0 Å². The molecule has 3 atom stereocenters. The summed E-state index contributed by atoms with van der Waals surface area (Å²) in [6, 6.07) is 1.66. The third kappa shape index (κ3) is 11.7. The van der Waals surface area contributed by atoms with E-state index < -0.39 is 0 Å². The van der Waals surface area contributed by atoms with Crippen molar-refractivity contribution in [2.45, 2.75) is 45.3 Å². The lowest BCUT2D eigenvalue weighted by Crippen LogP contribution is -2.42. The van der Waals surface area contributed by atoms with Crippen LogP contribution < -0.4 is 10.0 Å². The second-order valence-corrected chi connectivity index (χ2v) is 6.65. The molecular formula is C14H34N4S. The maximum atomic E-state index is 3.66. The van der Waals surface area contributed by atoms with Crippen LogP contribution in [0.2, 0.25) is 0 Å². The minimum absolute atomic E-state index is 0.538. The molecular weight excluding hydrogens is 256 g/mol. The van der Waals surface area contributed by atoms with E-state index >= 15 is 0 Å². The van der Waals surface area contributed by atoms with Gasteiger partial charge < -0.3 is 15.1 Å². The zero-order valence-corrected chi connectivity index (χ0v) is 14.7. The molecule has 0 spiro atoms. The van der Waals surface area contributed by atoms with Gasteiger partial charge in [-0.3, -0.25) is 4.72 Å². The summed E-state index contributed by atoms with van der Waals surface area (Å²) in [7, 11) is 6.45. The number of nitrogens with one attached hydrogen (secondary N) is 2. The molecule has 0 saturated carbocycles. The van der Waals surface area contributed by atoms with Gasteiger partial charge in [-0.2, -0.15) is 0 Å². The smallest absolute Gasteiger partial charge is 0.0270 e. The molecule has 5 heteroatoms. The molecule has 0 radical (unpaired) electrons. The first-order chi connectivity index (χ1) is 8.85. The highest BCUT2D eigenvalue weighted by Crippen LogP contribution is 1.99. The van der Waals surface area contributed by atoms with Crippen molar-refractivity contribution in [1.29, 1.82) is 0 Å². The van der Waals surface area contributed by atoms with Gasteiger partial charge in [-0.1, -0.05) is 11.9 Å². The van der Waals surface area contributed by atoms with Crippen LogP contribution in [0.5, 0.6) is 0 Å². The Morgan fingerprint density at radius 3 is 2.11 bits per heavy atom. The lowest BCUT2D eigenvalue weighted by molar-refractivity contribution is 0.278. The summed E-state index contributed by atoms with van der Waals surface area (Å²) in [5.41, 5.74) is 0. The van der Waals surface area contributed by atoms with Crippen LogP contribution in [0.15, 0.2) is 0 Å². The minimum atomic E-state index is 0.538. The summed E-state index contributed by atoms with van der Waals surface area (Å²) in [4.78, 5) is 4.63. The highest BCUT2D eigenvalue weighted by atomic mass is 32.2. The van der Waals surface area contributed by atoms with Crippen molar-refractivity contribution in [3.05, 3.63) is 0 Å². The normalized spacial score (nSPS) is 16.9. The van der Waals surface area contributed by atoms with Crippen LogP contribution in [-0.2, 0) is 0 Å². The molecule has 4 nitrogen and oxygen atoms in total. The molecule has 0 fully saturated rings. The van der Waals surface area contributed by atoms with Crippen LogP contribution in [-0.4, -0.2) is 75.0 Å². The number of rotatable bonds is 11. The quantitative estimate of drug-likeness (QED) is 0.563. The number of hydrogen-bond acceptors (Lipinski definition) is 5. The fourth-order valence-corrected chi connectivity index (χ4v) is 2.86. The van der Waals surface area contributed by atoms with Gasteiger partial charge in [-0.15, -0.1) is 0 Å². The lowest BCUT2D eigenvalue weighted by atomic mass is 10.2. The molecule has 116 valence electrons. The van der Waals surface area contributed by atoms with E-state index in [0.29, 0.717) is 18.1 Å². The molecule has 0 aromatic carbocycles. The van der Waals surface area contributed by atoms with E-state index in [2.05, 4.69) is 68.0 Å². The lowest BCUT2D eigenvalue weighted by Gasteiger charge is -2.26. The van der Waals surface area contributed by atoms with Crippen LogP contribution in [0.3, 0.4) is 0 Å². The van der Waals surface area contributed by atoms with Crippen LogP contribution >= 0.6 is 11.9 Å². The van der Waals surface area contributed by atoms with Crippen LogP contribution in [0.4, 0.5) is 0 Å². The fourth-order valence-electron chi connectivity index (χ4n) is 2.38. The van der Waals surface area contributed by atoms with Gasteiger partial charge in [-0.05, 0) is 61.1 Å². The van der Waals surface area contributed by atoms with Gasteiger partial charge in [0.1, 0.15) is 0 Å². The molecule has 0 aliphatic rings. The van der Waals surface area contributed by atoms with Crippen molar-refractivity contribution in [2.24, 2.45) is 0 Å². The summed E-state index contributed by atoms with van der Waals surface area (Å²) in [5, 5.41) is 3.66. The predicted octanol–water partition coefficient (Wildman–Crippen LogP) is 1.49. The van der Waals surface area contributed by atoms with Gasteiger partial charge >= 0.3 is 0 Å². The molecule has 19 heavy (non-hydrogen) atoms. The second kappa shape index (κ2) is 10.9. The maximum Gasteiger partial charge on any atom is 0.0270 e. The zero-order valence-electron chi connectivity index (χ0n) is 13.9. The predicted molar refractivity (Wildman–Crippen MR) is 88.8 cm³/mol. The first-order valence-corrected chi connectivity index (χ1v) is 8.45. The SMILES string of the molecule is CSN[C@@H](C)CN(C)CCC(C)N[C@H](C)CN(C)C. The van der Waals surface area contributed by atoms with E-state index in [-0.39, 0.29) is 0 Å². The van der Waals surface area contributed by atoms with E-state index in [0.717, 1.165) is 19.6 Å². The Bertz CT molecular complexity index is 214. The van der Waals surface area contributed by atoms with Crippen molar-refractivity contribution >= 4 is 11.9 Å². The zero-order chi connectivity index (χ0) is 14.8. The van der Waals surface area contributed by atoms with Gasteiger partial charge in [0.2, 0.25) is 0 Å². The van der Waals surface area contributed by atoms with Gasteiger partial charge in [0, 0.05) is 31.2 Å². The monoisotopic (exact) mass is 290 g/mol. The fraction of sp³-hybridized carbons (Fsp3) is 1.00. The van der Waals surface area contributed by atoms with E-state index in [1.54, 1.807) is 11.9 Å². The Morgan fingerprint density at radius 1 is 0.947 bits per heavy atom. The summed E-state index contributed by atoms with van der Waals surface area (Å²) in [6.45, 7) is 10.1. The molecule has 0 aliphatic heterocycles. The van der Waals surface area contributed by atoms with Gasteiger partial charge in [0.15, 0.2) is 0 Å². The Kier molecular flexibility index (Phi) is 11.0. The standard InChI is InChI=1S/C14H34N4S/c1-12(15-13(2)10-17(4)5)8-9-18(6)11-14(3)16-19-7/h12-16H,8-11H2,1-7H3/t12?,13-,14+/m1/s1. The first-order valence-electron chi connectivity index (χ1n) is 7.23. The summed E-state index contributed by atoms with van der Waals surface area (Å²) >= 11 is 1.70. The molecule has 0 amide bonds. The molecule has 0 aromatic heterocycles. The van der Waals surface area contributed by atoms with E-state index in [4.69, 9.17) is 0 Å². The minimum Gasteiger partial charge on any atom is -0.310 e. The third-order valence-corrected chi connectivity index (χ3v) is 3.69. The van der Waals surface area contributed by atoms with Crippen molar-refractivity contribution in [2.75, 3.05) is 47.0 Å². The molecule has 1 unspecified atom stereocenters. The molecule has 0 bridgehead atoms. The number of likely N-dealkylation sites (N-methyl/N-ethyl adjacent to an activating group) is 2. The molecule has 0 saturated heterocycles. The van der Waals surface area contributed by atoms with Gasteiger partial charge in [0.25, 0.3) is 0 Å². The van der Waals surface area contributed by atoms with Gasteiger partial charge in [-0.25, -0.2) is 0 Å². The first kappa shape index (κ1) is 19.2. The molecule has 0 aliphatic carbocycles. The van der Waals surface area contributed by atoms with E-state index in [1.165, 1.54) is 6.42 Å². The Balaban J connectivity index is 3.73. The Hall–Kier alpha value is 0.190. The second-order valence-electron chi connectivity index (χ2n) is 6.00. The van der Waals surface area contributed by atoms with Crippen molar-refractivity contribution in [1.82, 2.24) is 19.8 Å². The Morgan fingerprint density at radius 2 is 1.58 bits per heavy atom. The average Bonchev–Trinajstić information content (AvgIpc) is 2.25. The summed E-state index contributed by atoms with van der Waals surface area (Å²) < 4.78 is 3.37. The van der Waals surface area contributed by atoms with Crippen molar-refractivity contribution in [3.63, 3.8) is 0 Å². The Labute approximate surface area is 124 Å². The van der Waals surface area contributed by atoms with Gasteiger partial charge in [0.05, 0.1) is 0 Å². The van der Waals surface area contributed by atoms with E-state index in [1.807, 2.05) is 0 Å². The molecule has 0 aromatic rings. The molecule has 0 rings (SSSR count). The van der Waals surface area contributed by atoms with Crippen molar-refractivity contribution in [3.8, 4) is 0 Å². The summed E-state index contributed by atoms with van der Waals surface area (Å²) in [5.74, 6) is 0.